The van der Waals surface area contributed by atoms with Crippen LogP contribution in [0.5, 0.6) is 5.75 Å². The predicted octanol–water partition coefficient (Wildman–Crippen LogP) is 4.34. The molecule has 0 aliphatic heterocycles. The van der Waals surface area contributed by atoms with Gasteiger partial charge in [0.05, 0.1) is 12.8 Å². The summed E-state index contributed by atoms with van der Waals surface area (Å²) in [4.78, 5) is 12.2. The zero-order valence-corrected chi connectivity index (χ0v) is 14.0. The van der Waals surface area contributed by atoms with Crippen molar-refractivity contribution in [2.24, 2.45) is 0 Å². The Balaban J connectivity index is 1.62. The number of nitrogens with one attached hydrogen (secondary N) is 2. The van der Waals surface area contributed by atoms with E-state index in [0.717, 1.165) is 18.4 Å². The largest absolute Gasteiger partial charge is 0.495 e. The second-order valence-electron chi connectivity index (χ2n) is 5.94. The zero-order valence-electron chi connectivity index (χ0n) is 13.2. The molecule has 1 fully saturated rings. The summed E-state index contributed by atoms with van der Waals surface area (Å²) in [6.45, 7) is 0.493. The lowest BCUT2D eigenvalue weighted by Crippen LogP contribution is -2.35. The maximum atomic E-state index is 13.1. The highest BCUT2D eigenvalue weighted by atomic mass is 35.5. The highest BCUT2D eigenvalue weighted by Gasteiger charge is 2.44. The van der Waals surface area contributed by atoms with Gasteiger partial charge < -0.3 is 15.4 Å². The Bertz CT molecular complexity index is 745. The van der Waals surface area contributed by atoms with Crippen molar-refractivity contribution in [3.63, 3.8) is 0 Å². The first-order valence-electron chi connectivity index (χ1n) is 7.67. The Morgan fingerprint density at radius 3 is 2.58 bits per heavy atom. The topological polar surface area (TPSA) is 50.4 Å². The first-order valence-corrected chi connectivity index (χ1v) is 8.05. The molecule has 24 heavy (non-hydrogen) atoms. The number of methoxy groups -OCH3 is 1. The molecule has 2 aromatic carbocycles. The van der Waals surface area contributed by atoms with Gasteiger partial charge in [0.1, 0.15) is 11.6 Å². The van der Waals surface area contributed by atoms with E-state index < -0.39 is 0 Å². The number of carbonyl (C=O) groups is 1. The van der Waals surface area contributed by atoms with Crippen LogP contribution in [-0.4, -0.2) is 19.7 Å². The highest BCUT2D eigenvalue weighted by Crippen LogP contribution is 2.47. The summed E-state index contributed by atoms with van der Waals surface area (Å²) >= 11 is 5.95. The quantitative estimate of drug-likeness (QED) is 0.844. The number of ether oxygens (including phenoxy) is 1. The maximum absolute atomic E-state index is 13.1. The summed E-state index contributed by atoms with van der Waals surface area (Å²) in [6, 6.07) is 11.1. The van der Waals surface area contributed by atoms with Crippen LogP contribution in [-0.2, 0) is 5.41 Å². The molecule has 2 N–H and O–H groups in total. The van der Waals surface area contributed by atoms with E-state index >= 15 is 0 Å². The molecular weight excluding hydrogens is 331 g/mol. The average molecular weight is 349 g/mol. The first-order chi connectivity index (χ1) is 11.5. The van der Waals surface area contributed by atoms with E-state index in [1.165, 1.54) is 19.2 Å². The normalized spacial score (nSPS) is 14.8. The Kier molecular flexibility index (Phi) is 4.62. The Labute approximate surface area is 145 Å². The molecule has 1 aliphatic carbocycles. The lowest BCUT2D eigenvalue weighted by atomic mass is 9.96. The van der Waals surface area contributed by atoms with Gasteiger partial charge in [-0.25, -0.2) is 9.18 Å². The number of hydrogen-bond acceptors (Lipinski definition) is 2. The highest BCUT2D eigenvalue weighted by molar-refractivity contribution is 6.31. The van der Waals surface area contributed by atoms with E-state index in [1.807, 2.05) is 0 Å². The van der Waals surface area contributed by atoms with Crippen LogP contribution in [0.2, 0.25) is 5.02 Å². The van der Waals surface area contributed by atoms with Gasteiger partial charge in [-0.15, -0.1) is 0 Å². The van der Waals surface area contributed by atoms with Gasteiger partial charge in [0, 0.05) is 17.0 Å². The molecule has 126 valence electrons. The smallest absolute Gasteiger partial charge is 0.319 e. The lowest BCUT2D eigenvalue weighted by molar-refractivity contribution is 0.251. The first kappa shape index (κ1) is 16.6. The van der Waals surface area contributed by atoms with Crippen LogP contribution in [0.4, 0.5) is 14.9 Å². The molecule has 6 heteroatoms. The third-order valence-corrected chi connectivity index (χ3v) is 4.54. The Morgan fingerprint density at radius 2 is 1.96 bits per heavy atom. The molecular formula is C18H18ClFN2O2. The summed E-state index contributed by atoms with van der Waals surface area (Å²) < 4.78 is 18.3. The zero-order chi connectivity index (χ0) is 17.2. The van der Waals surface area contributed by atoms with Gasteiger partial charge in [0.15, 0.2) is 0 Å². The summed E-state index contributed by atoms with van der Waals surface area (Å²) in [5.41, 5.74) is 1.46. The lowest BCUT2D eigenvalue weighted by Gasteiger charge is -2.17. The van der Waals surface area contributed by atoms with Crippen molar-refractivity contribution in [2.45, 2.75) is 18.3 Å². The minimum atomic E-state index is -0.330. The fraction of sp³-hybridized carbons (Fsp3) is 0.278. The molecule has 0 unspecified atom stereocenters. The van der Waals surface area contributed by atoms with Gasteiger partial charge in [-0.3, -0.25) is 0 Å². The molecule has 0 aromatic heterocycles. The van der Waals surface area contributed by atoms with Gasteiger partial charge in [0.2, 0.25) is 0 Å². The van der Waals surface area contributed by atoms with Crippen molar-refractivity contribution in [1.82, 2.24) is 5.32 Å². The number of anilines is 1. The molecule has 0 atom stereocenters. The molecule has 0 heterocycles. The second kappa shape index (κ2) is 6.69. The molecule has 4 nitrogen and oxygen atoms in total. The van der Waals surface area contributed by atoms with Crippen LogP contribution in [0.3, 0.4) is 0 Å². The van der Waals surface area contributed by atoms with Gasteiger partial charge in [0.25, 0.3) is 0 Å². The molecule has 2 amide bonds. The van der Waals surface area contributed by atoms with Crippen LogP contribution in [0.25, 0.3) is 0 Å². The summed E-state index contributed by atoms with van der Waals surface area (Å²) in [7, 11) is 1.53. The number of carbonyl (C=O) groups excluding carboxylic acids is 1. The van der Waals surface area contributed by atoms with E-state index in [4.69, 9.17) is 16.3 Å². The standard InChI is InChI=1S/C18H18ClFN2O2/c1-24-16-7-4-13(19)10-15(16)22-17(23)21-11-18(8-9-18)12-2-5-14(20)6-3-12/h2-7,10H,8-9,11H2,1H3,(H2,21,22,23). The van der Waals surface area contributed by atoms with Crippen LogP contribution in [0, 0.1) is 5.82 Å². The molecule has 0 spiro atoms. The van der Waals surface area contributed by atoms with Crippen LogP contribution in [0.1, 0.15) is 18.4 Å². The second-order valence-corrected chi connectivity index (χ2v) is 6.38. The van der Waals surface area contributed by atoms with E-state index in [1.54, 1.807) is 30.3 Å². The fourth-order valence-corrected chi connectivity index (χ4v) is 2.89. The summed E-state index contributed by atoms with van der Waals surface area (Å²) in [5, 5.41) is 6.13. The fourth-order valence-electron chi connectivity index (χ4n) is 2.72. The summed E-state index contributed by atoms with van der Waals surface area (Å²) in [6.07, 6.45) is 1.94. The van der Waals surface area contributed by atoms with Crippen molar-refractivity contribution in [3.05, 3.63) is 58.9 Å². The molecule has 0 radical (unpaired) electrons. The Morgan fingerprint density at radius 1 is 1.25 bits per heavy atom. The van der Waals surface area contributed by atoms with Gasteiger partial charge in [-0.05, 0) is 48.7 Å². The van der Waals surface area contributed by atoms with Crippen LogP contribution < -0.4 is 15.4 Å². The van der Waals surface area contributed by atoms with E-state index in [-0.39, 0.29) is 17.3 Å². The number of hydrogen-bond donors (Lipinski definition) is 2. The van der Waals surface area contributed by atoms with Crippen molar-refractivity contribution in [2.75, 3.05) is 19.0 Å². The number of benzene rings is 2. The molecule has 1 saturated carbocycles. The summed E-state index contributed by atoms with van der Waals surface area (Å²) in [5.74, 6) is 0.280. The monoisotopic (exact) mass is 348 g/mol. The molecule has 2 aromatic rings. The van der Waals surface area contributed by atoms with E-state index in [2.05, 4.69) is 10.6 Å². The number of amides is 2. The van der Waals surface area contributed by atoms with Gasteiger partial charge in [-0.1, -0.05) is 23.7 Å². The maximum Gasteiger partial charge on any atom is 0.319 e. The minimum Gasteiger partial charge on any atom is -0.495 e. The third-order valence-electron chi connectivity index (χ3n) is 4.31. The average Bonchev–Trinajstić information content (AvgIpc) is 3.35. The number of rotatable bonds is 5. The molecule has 3 rings (SSSR count). The minimum absolute atomic E-state index is 0.0938. The van der Waals surface area contributed by atoms with Gasteiger partial charge >= 0.3 is 6.03 Å². The van der Waals surface area contributed by atoms with Crippen molar-refractivity contribution in [1.29, 1.82) is 0 Å². The molecule has 0 bridgehead atoms. The van der Waals surface area contributed by atoms with Crippen LogP contribution >= 0.6 is 11.6 Å². The van der Waals surface area contributed by atoms with E-state index in [9.17, 15) is 9.18 Å². The third kappa shape index (κ3) is 3.62. The molecule has 0 saturated heterocycles. The van der Waals surface area contributed by atoms with E-state index in [0.29, 0.717) is 23.0 Å². The Hall–Kier alpha value is -2.27. The SMILES string of the molecule is COc1ccc(Cl)cc1NC(=O)NCC1(c2ccc(F)cc2)CC1. The van der Waals surface area contributed by atoms with Crippen molar-refractivity contribution < 1.29 is 13.9 Å². The number of halogens is 2. The van der Waals surface area contributed by atoms with Crippen LogP contribution in [0.15, 0.2) is 42.5 Å². The molecule has 1 aliphatic rings. The van der Waals surface area contributed by atoms with Crippen molar-refractivity contribution >= 4 is 23.3 Å². The number of urea groups is 1. The van der Waals surface area contributed by atoms with Gasteiger partial charge in [-0.2, -0.15) is 0 Å². The predicted molar refractivity (Wildman–Crippen MR) is 92.3 cm³/mol. The van der Waals surface area contributed by atoms with Crippen molar-refractivity contribution in [3.8, 4) is 5.75 Å².